The predicted molar refractivity (Wildman–Crippen MR) is 71.2 cm³/mol. The Morgan fingerprint density at radius 2 is 2.15 bits per heavy atom. The van der Waals surface area contributed by atoms with Crippen LogP contribution in [0.4, 0.5) is 11.9 Å². The van der Waals surface area contributed by atoms with Gasteiger partial charge in [0.25, 0.3) is 5.95 Å². The normalized spacial score (nSPS) is 22.4. The zero-order valence-electron chi connectivity index (χ0n) is 11.1. The van der Waals surface area contributed by atoms with Crippen molar-refractivity contribution in [3.63, 3.8) is 0 Å². The number of nitrogens with two attached hydrogens (primary N) is 1. The van der Waals surface area contributed by atoms with Crippen molar-refractivity contribution in [2.75, 3.05) is 23.8 Å². The van der Waals surface area contributed by atoms with Gasteiger partial charge in [-0.25, -0.2) is 4.98 Å². The number of hydrogen-bond acceptors (Lipinski definition) is 8. The van der Waals surface area contributed by atoms with Gasteiger partial charge in [-0.2, -0.15) is 24.7 Å². The number of aliphatic hydroxyl groups excluding tert-OH is 1. The Labute approximate surface area is 115 Å². The van der Waals surface area contributed by atoms with Crippen LogP contribution in [0.1, 0.15) is 13.3 Å². The molecule has 1 aliphatic rings. The van der Waals surface area contributed by atoms with Crippen LogP contribution in [0.2, 0.25) is 0 Å². The first-order valence-corrected chi connectivity index (χ1v) is 6.43. The average Bonchev–Trinajstić information content (AvgIpc) is 3.06. The first-order valence-electron chi connectivity index (χ1n) is 6.43. The molecule has 0 aliphatic carbocycles. The number of anilines is 2. The van der Waals surface area contributed by atoms with Crippen LogP contribution in [0.25, 0.3) is 5.95 Å². The third-order valence-electron chi connectivity index (χ3n) is 3.58. The highest BCUT2D eigenvalue weighted by molar-refractivity contribution is 5.40. The van der Waals surface area contributed by atoms with Gasteiger partial charge in [0, 0.05) is 6.54 Å². The summed E-state index contributed by atoms with van der Waals surface area (Å²) in [5.74, 6) is 1.29. The van der Waals surface area contributed by atoms with Gasteiger partial charge in [-0.05, 0) is 12.3 Å². The van der Waals surface area contributed by atoms with Gasteiger partial charge in [-0.3, -0.25) is 0 Å². The molecule has 0 spiro atoms. The van der Waals surface area contributed by atoms with E-state index in [-0.39, 0.29) is 18.6 Å². The van der Waals surface area contributed by atoms with Crippen LogP contribution in [0.5, 0.6) is 0 Å². The van der Waals surface area contributed by atoms with Crippen molar-refractivity contribution >= 4 is 11.9 Å². The molecule has 0 bridgehead atoms. The van der Waals surface area contributed by atoms with Crippen molar-refractivity contribution in [3.05, 3.63) is 12.7 Å². The molecule has 2 atom stereocenters. The lowest BCUT2D eigenvalue weighted by molar-refractivity contribution is 0.244. The smallest absolute Gasteiger partial charge is 0.258 e. The van der Waals surface area contributed by atoms with Crippen LogP contribution in [0, 0.1) is 5.92 Å². The fourth-order valence-corrected chi connectivity index (χ4v) is 2.45. The summed E-state index contributed by atoms with van der Waals surface area (Å²) >= 11 is 0. The average molecular weight is 276 g/mol. The van der Waals surface area contributed by atoms with Crippen LogP contribution < -0.4 is 10.6 Å². The summed E-state index contributed by atoms with van der Waals surface area (Å²) in [6.07, 6.45) is 3.87. The second kappa shape index (κ2) is 5.00. The Kier molecular flexibility index (Phi) is 3.18. The molecule has 0 saturated carbocycles. The summed E-state index contributed by atoms with van der Waals surface area (Å²) in [5, 5.41) is 13.5. The summed E-state index contributed by atoms with van der Waals surface area (Å²) < 4.78 is 1.43. The van der Waals surface area contributed by atoms with Gasteiger partial charge in [-0.1, -0.05) is 6.92 Å². The van der Waals surface area contributed by atoms with E-state index in [1.54, 1.807) is 0 Å². The molecule has 3 heterocycles. The van der Waals surface area contributed by atoms with Crippen LogP contribution >= 0.6 is 0 Å². The third-order valence-corrected chi connectivity index (χ3v) is 3.58. The number of nitrogen functional groups attached to an aromatic ring is 1. The molecule has 3 N–H and O–H groups in total. The minimum absolute atomic E-state index is 0.000367. The van der Waals surface area contributed by atoms with Crippen LogP contribution in [-0.4, -0.2) is 54.0 Å². The number of aromatic nitrogens is 6. The number of hydrogen-bond donors (Lipinski definition) is 2. The Bertz CT molecular complexity index is 586. The predicted octanol–water partition coefficient (Wildman–Crippen LogP) is -0.758. The van der Waals surface area contributed by atoms with Gasteiger partial charge in [0.1, 0.15) is 12.7 Å². The van der Waals surface area contributed by atoms with E-state index in [2.05, 4.69) is 32.0 Å². The first kappa shape index (κ1) is 12.7. The number of rotatable bonds is 3. The van der Waals surface area contributed by atoms with Crippen molar-refractivity contribution in [2.45, 2.75) is 19.4 Å². The van der Waals surface area contributed by atoms with Gasteiger partial charge < -0.3 is 15.7 Å². The Morgan fingerprint density at radius 1 is 1.35 bits per heavy atom. The Hall–Kier alpha value is -2.29. The highest BCUT2D eigenvalue weighted by Gasteiger charge is 2.32. The van der Waals surface area contributed by atoms with E-state index in [1.807, 2.05) is 4.90 Å². The van der Waals surface area contributed by atoms with E-state index < -0.39 is 0 Å². The molecular formula is C11H16N8O. The topological polar surface area (TPSA) is 119 Å². The van der Waals surface area contributed by atoms with Crippen molar-refractivity contribution in [2.24, 2.45) is 5.92 Å². The quantitative estimate of drug-likeness (QED) is 0.751. The second-order valence-electron chi connectivity index (χ2n) is 4.84. The van der Waals surface area contributed by atoms with Crippen LogP contribution in [0.3, 0.4) is 0 Å². The standard InChI is InChI=1S/C11H16N8O/c1-7-2-3-18(8(7)4-20)10-15-9(12)16-11(17-10)19-6-13-5-14-19/h5-8,20H,2-4H2,1H3,(H2,12,15,16,17). The maximum Gasteiger partial charge on any atom is 0.258 e. The summed E-state index contributed by atoms with van der Waals surface area (Å²) in [7, 11) is 0. The fraction of sp³-hybridized carbons (Fsp3) is 0.545. The van der Waals surface area contributed by atoms with Gasteiger partial charge in [-0.15, -0.1) is 0 Å². The van der Waals surface area contributed by atoms with Gasteiger partial charge in [0.15, 0.2) is 0 Å². The minimum atomic E-state index is 0.000367. The largest absolute Gasteiger partial charge is 0.394 e. The summed E-state index contributed by atoms with van der Waals surface area (Å²) in [6.45, 7) is 2.95. The van der Waals surface area contributed by atoms with E-state index in [0.717, 1.165) is 13.0 Å². The van der Waals surface area contributed by atoms with Crippen molar-refractivity contribution in [3.8, 4) is 5.95 Å². The monoisotopic (exact) mass is 276 g/mol. The van der Waals surface area contributed by atoms with Crippen molar-refractivity contribution < 1.29 is 5.11 Å². The SMILES string of the molecule is CC1CCN(c2nc(N)nc(-n3cncn3)n2)C1CO. The third kappa shape index (κ3) is 2.16. The van der Waals surface area contributed by atoms with E-state index in [4.69, 9.17) is 5.73 Å². The lowest BCUT2D eigenvalue weighted by atomic mass is 10.0. The molecule has 9 nitrogen and oxygen atoms in total. The minimum Gasteiger partial charge on any atom is -0.394 e. The maximum absolute atomic E-state index is 9.52. The summed E-state index contributed by atoms with van der Waals surface area (Å²) in [5.41, 5.74) is 5.74. The molecule has 9 heteroatoms. The molecule has 2 unspecified atom stereocenters. The summed E-state index contributed by atoms with van der Waals surface area (Å²) in [6, 6.07) is 0.000367. The van der Waals surface area contributed by atoms with Crippen LogP contribution in [-0.2, 0) is 0 Å². The molecule has 20 heavy (non-hydrogen) atoms. The van der Waals surface area contributed by atoms with E-state index in [1.165, 1.54) is 17.3 Å². The van der Waals surface area contributed by atoms with E-state index in [9.17, 15) is 5.11 Å². The Morgan fingerprint density at radius 3 is 2.85 bits per heavy atom. The molecule has 0 aromatic carbocycles. The molecule has 1 fully saturated rings. The van der Waals surface area contributed by atoms with Crippen LogP contribution in [0.15, 0.2) is 12.7 Å². The first-order chi connectivity index (χ1) is 9.69. The summed E-state index contributed by atoms with van der Waals surface area (Å²) in [4.78, 5) is 18.4. The molecule has 0 amide bonds. The zero-order chi connectivity index (χ0) is 14.1. The lowest BCUT2D eigenvalue weighted by Crippen LogP contribution is -2.36. The molecule has 106 valence electrons. The highest BCUT2D eigenvalue weighted by Crippen LogP contribution is 2.27. The molecular weight excluding hydrogens is 260 g/mol. The van der Waals surface area contributed by atoms with Gasteiger partial charge in [0.05, 0.1) is 12.6 Å². The van der Waals surface area contributed by atoms with Crippen molar-refractivity contribution in [1.29, 1.82) is 0 Å². The molecule has 1 saturated heterocycles. The van der Waals surface area contributed by atoms with E-state index >= 15 is 0 Å². The molecule has 1 aliphatic heterocycles. The lowest BCUT2D eigenvalue weighted by Gasteiger charge is -2.25. The fourth-order valence-electron chi connectivity index (χ4n) is 2.45. The van der Waals surface area contributed by atoms with E-state index in [0.29, 0.717) is 17.8 Å². The molecule has 2 aromatic rings. The molecule has 2 aromatic heterocycles. The van der Waals surface area contributed by atoms with Crippen molar-refractivity contribution in [1.82, 2.24) is 29.7 Å². The highest BCUT2D eigenvalue weighted by atomic mass is 16.3. The zero-order valence-corrected chi connectivity index (χ0v) is 11.1. The van der Waals surface area contributed by atoms with Gasteiger partial charge >= 0.3 is 0 Å². The number of aliphatic hydroxyl groups is 1. The number of nitrogens with zero attached hydrogens (tertiary/aromatic N) is 7. The Balaban J connectivity index is 1.98. The van der Waals surface area contributed by atoms with Gasteiger partial charge in [0.2, 0.25) is 11.9 Å². The maximum atomic E-state index is 9.52. The molecule has 0 radical (unpaired) electrons. The molecule has 3 rings (SSSR count). The second-order valence-corrected chi connectivity index (χ2v) is 4.84.